The first kappa shape index (κ1) is 24.0. The molecule has 1 amide bonds. The Bertz CT molecular complexity index is 1100. The van der Waals surface area contributed by atoms with Crippen molar-refractivity contribution in [2.24, 2.45) is 0 Å². The van der Waals surface area contributed by atoms with E-state index in [1.54, 1.807) is 31.2 Å². The van der Waals surface area contributed by atoms with Crippen molar-refractivity contribution in [1.82, 2.24) is 9.71 Å². The molecule has 10 heteroatoms. The first-order valence-corrected chi connectivity index (χ1v) is 11.0. The summed E-state index contributed by atoms with van der Waals surface area (Å²) in [6, 6.07) is 6.35. The van der Waals surface area contributed by atoms with Crippen LogP contribution in [0.25, 0.3) is 0 Å². The molecule has 31 heavy (non-hydrogen) atoms. The number of rotatable bonds is 10. The highest BCUT2D eigenvalue weighted by atomic mass is 32.2. The summed E-state index contributed by atoms with van der Waals surface area (Å²) in [5.74, 6) is -1.52. The lowest BCUT2D eigenvalue weighted by molar-refractivity contribution is -0.115. The summed E-state index contributed by atoms with van der Waals surface area (Å²) in [7, 11) is -2.26. The second-order valence-electron chi connectivity index (χ2n) is 6.84. The quantitative estimate of drug-likeness (QED) is 0.290. The van der Waals surface area contributed by atoms with Crippen LogP contribution in [-0.2, 0) is 31.7 Å². The minimum Gasteiger partial charge on any atom is -0.465 e. The molecule has 0 radical (unpaired) electrons. The number of hydrogen-bond donors (Lipinski definition) is 3. The Morgan fingerprint density at radius 1 is 1.19 bits per heavy atom. The van der Waals surface area contributed by atoms with Crippen molar-refractivity contribution < 1.29 is 27.5 Å². The maximum Gasteiger partial charge on any atom is 0.339 e. The highest BCUT2D eigenvalue weighted by molar-refractivity contribution is 7.88. The minimum absolute atomic E-state index is 0.146. The molecule has 0 saturated heterocycles. The summed E-state index contributed by atoms with van der Waals surface area (Å²) in [4.78, 5) is 39.2. The number of sulfonamides is 1. The molecule has 1 aromatic carbocycles. The molecule has 0 fully saturated rings. The summed E-state index contributed by atoms with van der Waals surface area (Å²) in [5.41, 5.74) is 2.13. The number of aromatic amines is 1. The fraction of sp³-hybridized carbons (Fsp3) is 0.286. The second-order valence-corrected chi connectivity index (χ2v) is 8.65. The molecule has 0 aliphatic carbocycles. The summed E-state index contributed by atoms with van der Waals surface area (Å²) in [6.45, 7) is 6.58. The average Bonchev–Trinajstić information content (AvgIpc) is 3.03. The lowest BCUT2D eigenvalue weighted by Gasteiger charge is -2.08. The maximum absolute atomic E-state index is 12.5. The number of carbonyl (C=O) groups excluding carboxylic acids is 3. The van der Waals surface area contributed by atoms with Crippen molar-refractivity contribution in [3.8, 4) is 0 Å². The summed E-state index contributed by atoms with van der Waals surface area (Å²) < 4.78 is 31.0. The molecule has 3 N–H and O–H groups in total. The number of ketones is 1. The number of carbonyl (C=O) groups is 3. The van der Waals surface area contributed by atoms with Gasteiger partial charge in [0.1, 0.15) is 0 Å². The molecule has 0 aliphatic rings. The van der Waals surface area contributed by atoms with Crippen molar-refractivity contribution >= 4 is 33.4 Å². The van der Waals surface area contributed by atoms with Crippen molar-refractivity contribution in [3.63, 3.8) is 0 Å². The Morgan fingerprint density at radius 2 is 1.84 bits per heavy atom. The summed E-state index contributed by atoms with van der Waals surface area (Å²) in [6.07, 6.45) is 1.27. The van der Waals surface area contributed by atoms with Crippen molar-refractivity contribution in [2.75, 3.05) is 19.0 Å². The van der Waals surface area contributed by atoms with E-state index in [0.717, 1.165) is 0 Å². The lowest BCUT2D eigenvalue weighted by Crippen LogP contribution is -2.25. The van der Waals surface area contributed by atoms with Gasteiger partial charge in [0.05, 0.1) is 30.5 Å². The van der Waals surface area contributed by atoms with Gasteiger partial charge in [-0.3, -0.25) is 9.59 Å². The Balaban J connectivity index is 2.11. The van der Waals surface area contributed by atoms with Gasteiger partial charge >= 0.3 is 5.97 Å². The number of aromatic nitrogens is 1. The topological polar surface area (TPSA) is 134 Å². The van der Waals surface area contributed by atoms with Gasteiger partial charge in [0.25, 0.3) is 0 Å². The van der Waals surface area contributed by atoms with Gasteiger partial charge in [0, 0.05) is 24.8 Å². The van der Waals surface area contributed by atoms with Gasteiger partial charge in [0.2, 0.25) is 15.9 Å². The number of esters is 1. The number of Topliss-reactive ketones (excluding diaryl/α,β-unsaturated/α-hetero) is 1. The Labute approximate surface area is 180 Å². The van der Waals surface area contributed by atoms with E-state index in [4.69, 9.17) is 4.74 Å². The van der Waals surface area contributed by atoms with E-state index in [1.165, 1.54) is 20.1 Å². The van der Waals surface area contributed by atoms with E-state index in [2.05, 4.69) is 21.6 Å². The average molecular weight is 448 g/mol. The first-order chi connectivity index (χ1) is 14.6. The fourth-order valence-corrected chi connectivity index (χ4v) is 4.13. The molecule has 1 aromatic heterocycles. The Morgan fingerprint density at radius 3 is 2.39 bits per heavy atom. The van der Waals surface area contributed by atoms with Gasteiger partial charge in [-0.15, -0.1) is 6.58 Å². The third-order valence-corrected chi connectivity index (χ3v) is 5.77. The number of hydrogen-bond acceptors (Lipinski definition) is 6. The SMILES string of the molecule is C=CCNS(=O)(=O)Cc1ccc(NC(=O)Cc2[nH]c(C(C)=O)c(C)c2C(=O)OC)cc1. The van der Waals surface area contributed by atoms with Gasteiger partial charge < -0.3 is 15.0 Å². The lowest BCUT2D eigenvalue weighted by atomic mass is 10.1. The number of benzene rings is 1. The van der Waals surface area contributed by atoms with Gasteiger partial charge in [-0.2, -0.15) is 0 Å². The van der Waals surface area contributed by atoms with Crippen LogP contribution in [0.3, 0.4) is 0 Å². The molecule has 0 spiro atoms. The minimum atomic E-state index is -3.48. The molecule has 1 heterocycles. The summed E-state index contributed by atoms with van der Waals surface area (Å²) >= 11 is 0. The van der Waals surface area contributed by atoms with Crippen LogP contribution >= 0.6 is 0 Å². The van der Waals surface area contributed by atoms with Crippen LogP contribution < -0.4 is 10.0 Å². The van der Waals surface area contributed by atoms with Crippen LogP contribution in [0.1, 0.15) is 44.6 Å². The second kappa shape index (κ2) is 10.2. The van der Waals surface area contributed by atoms with Crippen LogP contribution in [0.5, 0.6) is 0 Å². The molecule has 0 atom stereocenters. The van der Waals surface area contributed by atoms with E-state index in [-0.39, 0.29) is 41.5 Å². The molecule has 0 bridgehead atoms. The molecular formula is C21H25N3O6S. The van der Waals surface area contributed by atoms with E-state index in [9.17, 15) is 22.8 Å². The highest BCUT2D eigenvalue weighted by Crippen LogP contribution is 2.21. The largest absolute Gasteiger partial charge is 0.465 e. The third kappa shape index (κ3) is 6.37. The van der Waals surface area contributed by atoms with Crippen molar-refractivity contribution in [2.45, 2.75) is 26.0 Å². The zero-order chi connectivity index (χ0) is 23.2. The predicted molar refractivity (Wildman–Crippen MR) is 116 cm³/mol. The number of H-pyrrole nitrogens is 1. The number of ether oxygens (including phenoxy) is 1. The number of amides is 1. The first-order valence-electron chi connectivity index (χ1n) is 9.35. The monoisotopic (exact) mass is 447 g/mol. The Hall–Kier alpha value is -3.24. The van der Waals surface area contributed by atoms with E-state index >= 15 is 0 Å². The normalized spacial score (nSPS) is 11.1. The fourth-order valence-electron chi connectivity index (χ4n) is 3.03. The van der Waals surface area contributed by atoms with Crippen LogP contribution in [0.4, 0.5) is 5.69 Å². The molecular weight excluding hydrogens is 422 g/mol. The third-order valence-electron chi connectivity index (χ3n) is 4.45. The molecule has 166 valence electrons. The molecule has 9 nitrogen and oxygen atoms in total. The summed E-state index contributed by atoms with van der Waals surface area (Å²) in [5, 5.41) is 2.68. The smallest absolute Gasteiger partial charge is 0.339 e. The molecule has 0 unspecified atom stereocenters. The van der Waals surface area contributed by atoms with Crippen LogP contribution in [0.15, 0.2) is 36.9 Å². The zero-order valence-electron chi connectivity index (χ0n) is 17.6. The van der Waals surface area contributed by atoms with Gasteiger partial charge in [-0.1, -0.05) is 18.2 Å². The van der Waals surface area contributed by atoms with Gasteiger partial charge in [0.15, 0.2) is 5.78 Å². The molecule has 0 aliphatic heterocycles. The number of nitrogens with one attached hydrogen (secondary N) is 3. The van der Waals surface area contributed by atoms with Crippen LogP contribution in [0, 0.1) is 6.92 Å². The van der Waals surface area contributed by atoms with Crippen molar-refractivity contribution in [3.05, 3.63) is 65.0 Å². The number of methoxy groups -OCH3 is 1. The standard InChI is InChI=1S/C21H25N3O6S/c1-5-10-22-31(28,29)12-15-6-8-16(9-7-15)23-18(26)11-17-19(21(27)30-4)13(2)20(24-17)14(3)25/h5-9,22,24H,1,10-12H2,2-4H3,(H,23,26). The zero-order valence-corrected chi connectivity index (χ0v) is 18.4. The highest BCUT2D eigenvalue weighted by Gasteiger charge is 2.24. The predicted octanol–water partition coefficient (Wildman–Crippen LogP) is 2.10. The molecule has 2 aromatic rings. The van der Waals surface area contributed by atoms with Gasteiger partial charge in [-0.25, -0.2) is 17.9 Å². The maximum atomic E-state index is 12.5. The Kier molecular flexibility index (Phi) is 7.89. The molecule has 2 rings (SSSR count). The van der Waals surface area contributed by atoms with Crippen LogP contribution in [0.2, 0.25) is 0 Å². The van der Waals surface area contributed by atoms with E-state index < -0.39 is 21.9 Å². The van der Waals surface area contributed by atoms with Crippen LogP contribution in [-0.4, -0.2) is 44.7 Å². The van der Waals surface area contributed by atoms with E-state index in [0.29, 0.717) is 16.8 Å². The van der Waals surface area contributed by atoms with E-state index in [1.807, 2.05) is 0 Å². The van der Waals surface area contributed by atoms with Gasteiger partial charge in [-0.05, 0) is 30.2 Å². The number of anilines is 1. The molecule has 0 saturated carbocycles. The van der Waals surface area contributed by atoms with Crippen molar-refractivity contribution in [1.29, 1.82) is 0 Å².